The van der Waals surface area contributed by atoms with Crippen molar-refractivity contribution in [2.24, 2.45) is 0 Å². The van der Waals surface area contributed by atoms with E-state index in [1.807, 2.05) is 25.7 Å². The molecule has 2 aromatic carbocycles. The van der Waals surface area contributed by atoms with E-state index in [1.54, 1.807) is 36.4 Å². The molecule has 1 aliphatic rings. The van der Waals surface area contributed by atoms with Crippen molar-refractivity contribution in [3.05, 3.63) is 59.4 Å². The Morgan fingerprint density at radius 1 is 1.12 bits per heavy atom. The second kappa shape index (κ2) is 10.9. The topological polar surface area (TPSA) is 79.9 Å². The number of ether oxygens (including phenoxy) is 2. The summed E-state index contributed by atoms with van der Waals surface area (Å²) in [6.45, 7) is 7.44. The first-order valence-corrected chi connectivity index (χ1v) is 10.8. The van der Waals surface area contributed by atoms with Gasteiger partial charge in [-0.15, -0.1) is 0 Å². The highest BCUT2D eigenvalue weighted by molar-refractivity contribution is 5.98. The fraction of sp³-hybridized carbons (Fsp3) is 0.417. The van der Waals surface area contributed by atoms with Gasteiger partial charge in [0, 0.05) is 19.6 Å². The molecule has 2 amide bonds. The standard InChI is InChI=1S/C24H30FN3O4/c1-4-31-22-8-6-5-7-19(22)24(30)27-13-23(29)26-12-18-9-10-21(20(25)11-18)28-14-16(2)32-17(3)15-28/h5-11,16-17H,4,12-15H2,1-3H3,(H,26,29)(H,27,30). The molecular formula is C24H30FN3O4. The van der Waals surface area contributed by atoms with E-state index in [-0.39, 0.29) is 37.0 Å². The lowest BCUT2D eigenvalue weighted by molar-refractivity contribution is -0.120. The van der Waals surface area contributed by atoms with E-state index < -0.39 is 5.91 Å². The number of benzene rings is 2. The zero-order valence-electron chi connectivity index (χ0n) is 18.7. The second-order valence-corrected chi connectivity index (χ2v) is 7.84. The predicted octanol–water partition coefficient (Wildman–Crippen LogP) is 2.88. The first-order valence-electron chi connectivity index (χ1n) is 10.8. The van der Waals surface area contributed by atoms with Crippen LogP contribution in [-0.4, -0.2) is 50.3 Å². The summed E-state index contributed by atoms with van der Waals surface area (Å²) < 4.78 is 25.8. The van der Waals surface area contributed by atoms with Gasteiger partial charge in [-0.3, -0.25) is 9.59 Å². The van der Waals surface area contributed by atoms with Crippen LogP contribution in [0.1, 0.15) is 36.7 Å². The molecule has 2 atom stereocenters. The van der Waals surface area contributed by atoms with Gasteiger partial charge in [0.2, 0.25) is 5.91 Å². The van der Waals surface area contributed by atoms with Crippen LogP contribution in [0, 0.1) is 5.82 Å². The Balaban J connectivity index is 1.51. The number of halogens is 1. The smallest absolute Gasteiger partial charge is 0.255 e. The van der Waals surface area contributed by atoms with Crippen LogP contribution in [0.3, 0.4) is 0 Å². The lowest BCUT2D eigenvalue weighted by atomic mass is 10.1. The van der Waals surface area contributed by atoms with E-state index in [4.69, 9.17) is 9.47 Å². The van der Waals surface area contributed by atoms with Gasteiger partial charge in [-0.25, -0.2) is 4.39 Å². The van der Waals surface area contributed by atoms with Crippen molar-refractivity contribution in [3.63, 3.8) is 0 Å². The van der Waals surface area contributed by atoms with Gasteiger partial charge in [-0.2, -0.15) is 0 Å². The number of carbonyl (C=O) groups is 2. The molecular weight excluding hydrogens is 413 g/mol. The average molecular weight is 444 g/mol. The molecule has 7 nitrogen and oxygen atoms in total. The third-order valence-electron chi connectivity index (χ3n) is 5.10. The molecule has 1 aliphatic heterocycles. The van der Waals surface area contributed by atoms with Gasteiger partial charge in [0.15, 0.2) is 0 Å². The number of hydrogen-bond acceptors (Lipinski definition) is 5. The molecule has 2 aromatic rings. The van der Waals surface area contributed by atoms with E-state index in [9.17, 15) is 14.0 Å². The van der Waals surface area contributed by atoms with Crippen molar-refractivity contribution in [3.8, 4) is 5.75 Å². The minimum absolute atomic E-state index is 0.0350. The summed E-state index contributed by atoms with van der Waals surface area (Å²) >= 11 is 0. The van der Waals surface area contributed by atoms with Crippen molar-refractivity contribution in [1.82, 2.24) is 10.6 Å². The molecule has 0 saturated carbocycles. The monoisotopic (exact) mass is 443 g/mol. The Morgan fingerprint density at radius 2 is 1.84 bits per heavy atom. The number of nitrogens with one attached hydrogen (secondary N) is 2. The summed E-state index contributed by atoms with van der Waals surface area (Å²) in [5, 5.41) is 5.28. The second-order valence-electron chi connectivity index (χ2n) is 7.84. The Morgan fingerprint density at radius 3 is 2.53 bits per heavy atom. The Kier molecular flexibility index (Phi) is 8.05. The minimum atomic E-state index is -0.395. The third kappa shape index (κ3) is 6.20. The van der Waals surface area contributed by atoms with Crippen molar-refractivity contribution >= 4 is 17.5 Å². The molecule has 0 aliphatic carbocycles. The zero-order chi connectivity index (χ0) is 23.1. The van der Waals surface area contributed by atoms with Gasteiger partial charge in [0.05, 0.1) is 36.6 Å². The van der Waals surface area contributed by atoms with Crippen molar-refractivity contribution in [1.29, 1.82) is 0 Å². The fourth-order valence-corrected chi connectivity index (χ4v) is 3.75. The molecule has 32 heavy (non-hydrogen) atoms. The Bertz CT molecular complexity index is 943. The molecule has 1 heterocycles. The number of rotatable bonds is 8. The van der Waals surface area contributed by atoms with Gasteiger partial charge >= 0.3 is 0 Å². The highest BCUT2D eigenvalue weighted by atomic mass is 19.1. The van der Waals surface area contributed by atoms with Gasteiger partial charge in [-0.05, 0) is 50.6 Å². The van der Waals surface area contributed by atoms with Gasteiger partial charge in [0.25, 0.3) is 5.91 Å². The molecule has 0 spiro atoms. The molecule has 172 valence electrons. The van der Waals surface area contributed by atoms with Crippen LogP contribution in [0.15, 0.2) is 42.5 Å². The van der Waals surface area contributed by atoms with Crippen LogP contribution in [0.25, 0.3) is 0 Å². The summed E-state index contributed by atoms with van der Waals surface area (Å²) in [6.07, 6.45) is 0.0700. The Hall–Kier alpha value is -3.13. The first kappa shape index (κ1) is 23.5. The molecule has 1 fully saturated rings. The molecule has 0 aromatic heterocycles. The van der Waals surface area contributed by atoms with Crippen molar-refractivity contribution in [2.45, 2.75) is 39.5 Å². The highest BCUT2D eigenvalue weighted by Gasteiger charge is 2.24. The molecule has 2 N–H and O–H groups in total. The average Bonchev–Trinajstić information content (AvgIpc) is 2.76. The summed E-state index contributed by atoms with van der Waals surface area (Å²) in [7, 11) is 0. The van der Waals surface area contributed by atoms with Crippen LogP contribution in [0.4, 0.5) is 10.1 Å². The summed E-state index contributed by atoms with van der Waals surface area (Å²) in [5.41, 5.74) is 1.54. The largest absolute Gasteiger partial charge is 0.493 e. The van der Waals surface area contributed by atoms with Crippen LogP contribution in [-0.2, 0) is 16.1 Å². The number of para-hydroxylation sites is 1. The quantitative estimate of drug-likeness (QED) is 0.656. The summed E-state index contributed by atoms with van der Waals surface area (Å²) in [4.78, 5) is 26.5. The normalized spacial score (nSPS) is 18.2. The lowest BCUT2D eigenvalue weighted by Crippen LogP contribution is -2.45. The molecule has 2 unspecified atom stereocenters. The molecule has 0 radical (unpaired) electrons. The minimum Gasteiger partial charge on any atom is -0.493 e. The molecule has 0 bridgehead atoms. The molecule has 8 heteroatoms. The predicted molar refractivity (Wildman–Crippen MR) is 120 cm³/mol. The highest BCUT2D eigenvalue weighted by Crippen LogP contribution is 2.24. The number of anilines is 1. The number of morpholine rings is 1. The maximum Gasteiger partial charge on any atom is 0.255 e. The third-order valence-corrected chi connectivity index (χ3v) is 5.10. The van der Waals surface area contributed by atoms with Crippen LogP contribution in [0.2, 0.25) is 0 Å². The van der Waals surface area contributed by atoms with Crippen molar-refractivity contribution in [2.75, 3.05) is 31.1 Å². The SMILES string of the molecule is CCOc1ccccc1C(=O)NCC(=O)NCc1ccc(N2CC(C)OC(C)C2)c(F)c1. The van der Waals surface area contributed by atoms with E-state index in [0.717, 1.165) is 0 Å². The van der Waals surface area contributed by atoms with Crippen LogP contribution >= 0.6 is 0 Å². The summed E-state index contributed by atoms with van der Waals surface area (Å²) in [6, 6.07) is 11.8. The lowest BCUT2D eigenvalue weighted by Gasteiger charge is -2.37. The van der Waals surface area contributed by atoms with Gasteiger partial charge in [-0.1, -0.05) is 18.2 Å². The van der Waals surface area contributed by atoms with E-state index in [0.29, 0.717) is 42.3 Å². The zero-order valence-corrected chi connectivity index (χ0v) is 18.7. The molecule has 1 saturated heterocycles. The van der Waals surface area contributed by atoms with Crippen molar-refractivity contribution < 1.29 is 23.5 Å². The number of nitrogens with zero attached hydrogens (tertiary/aromatic N) is 1. The number of amides is 2. The van der Waals surface area contributed by atoms with Crippen LogP contribution < -0.4 is 20.3 Å². The first-order chi connectivity index (χ1) is 15.4. The number of carbonyl (C=O) groups excluding carboxylic acids is 2. The number of hydrogen-bond donors (Lipinski definition) is 2. The van der Waals surface area contributed by atoms with E-state index in [2.05, 4.69) is 10.6 Å². The maximum absolute atomic E-state index is 14.7. The maximum atomic E-state index is 14.7. The fourth-order valence-electron chi connectivity index (χ4n) is 3.75. The Labute approximate surface area is 187 Å². The van der Waals surface area contributed by atoms with E-state index in [1.165, 1.54) is 6.07 Å². The molecule has 3 rings (SSSR count). The van der Waals surface area contributed by atoms with Crippen LogP contribution in [0.5, 0.6) is 5.75 Å². The van der Waals surface area contributed by atoms with Gasteiger partial charge < -0.3 is 25.0 Å². The van der Waals surface area contributed by atoms with E-state index >= 15 is 0 Å². The van der Waals surface area contributed by atoms with Gasteiger partial charge in [0.1, 0.15) is 11.6 Å². The summed E-state index contributed by atoms with van der Waals surface area (Å²) in [5.74, 6) is -0.632.